The molecule has 1 amide bonds. The van der Waals surface area contributed by atoms with Gasteiger partial charge in [-0.3, -0.25) is 9.78 Å². The first-order valence-corrected chi connectivity index (χ1v) is 5.09. The Balaban J connectivity index is 2.56. The van der Waals surface area contributed by atoms with Crippen molar-refractivity contribution >= 4 is 27.8 Å². The van der Waals surface area contributed by atoms with Crippen LogP contribution in [-0.4, -0.2) is 39.7 Å². The predicted molar refractivity (Wildman–Crippen MR) is 57.9 cm³/mol. The van der Waals surface area contributed by atoms with E-state index in [0.717, 1.165) is 0 Å². The molecule has 1 aromatic rings. The van der Waals surface area contributed by atoms with E-state index in [0.29, 0.717) is 4.47 Å². The van der Waals surface area contributed by atoms with E-state index in [1.54, 1.807) is 0 Å². The quantitative estimate of drug-likeness (QED) is 0.725. The first-order chi connectivity index (χ1) is 7.50. The molecule has 7 heteroatoms. The number of amides is 1. The number of carbonyl (C=O) groups excluding carboxylic acids is 1. The summed E-state index contributed by atoms with van der Waals surface area (Å²) in [5.74, 6) is -1.87. The molecular formula is C9H9BrN2O4. The molecule has 0 radical (unpaired) electrons. The van der Waals surface area contributed by atoms with E-state index in [1.165, 1.54) is 18.5 Å². The maximum absolute atomic E-state index is 11.4. The fraction of sp³-hybridized carbons (Fsp3) is 0.222. The summed E-state index contributed by atoms with van der Waals surface area (Å²) in [6, 6.07) is 1.54. The van der Waals surface area contributed by atoms with E-state index in [2.05, 4.69) is 26.2 Å². The number of carboxylic acids is 1. The number of pyridine rings is 1. The second-order valence-corrected chi connectivity index (χ2v) is 3.87. The van der Waals surface area contributed by atoms with Gasteiger partial charge in [0.15, 0.2) is 6.10 Å². The van der Waals surface area contributed by atoms with Crippen molar-refractivity contribution in [1.82, 2.24) is 10.3 Å². The van der Waals surface area contributed by atoms with Crippen LogP contribution < -0.4 is 5.32 Å². The molecule has 0 fully saturated rings. The molecule has 0 saturated carbocycles. The van der Waals surface area contributed by atoms with E-state index >= 15 is 0 Å². The molecule has 6 nitrogen and oxygen atoms in total. The molecule has 1 rings (SSSR count). The maximum Gasteiger partial charge on any atom is 0.334 e. The molecule has 0 spiro atoms. The summed E-state index contributed by atoms with van der Waals surface area (Å²) in [5, 5.41) is 19.6. The van der Waals surface area contributed by atoms with Crippen molar-refractivity contribution in [2.45, 2.75) is 6.10 Å². The highest BCUT2D eigenvalue weighted by molar-refractivity contribution is 9.10. The summed E-state index contributed by atoms with van der Waals surface area (Å²) in [6.45, 7) is -0.347. The molecule has 0 aromatic carbocycles. The Bertz CT molecular complexity index is 410. The van der Waals surface area contributed by atoms with Crippen molar-refractivity contribution in [3.05, 3.63) is 28.5 Å². The van der Waals surface area contributed by atoms with Crippen LogP contribution in [0, 0.1) is 0 Å². The molecule has 0 saturated heterocycles. The van der Waals surface area contributed by atoms with Gasteiger partial charge in [-0.25, -0.2) is 4.79 Å². The highest BCUT2D eigenvalue weighted by Crippen LogP contribution is 2.09. The number of rotatable bonds is 4. The summed E-state index contributed by atoms with van der Waals surface area (Å²) in [5.41, 5.74) is 0.284. The number of carbonyl (C=O) groups is 2. The zero-order valence-electron chi connectivity index (χ0n) is 8.05. The monoisotopic (exact) mass is 288 g/mol. The van der Waals surface area contributed by atoms with E-state index in [-0.39, 0.29) is 12.1 Å². The molecule has 1 unspecified atom stereocenters. The number of hydrogen-bond donors (Lipinski definition) is 3. The minimum Gasteiger partial charge on any atom is -0.479 e. The van der Waals surface area contributed by atoms with Crippen LogP contribution in [0.2, 0.25) is 0 Å². The average Bonchev–Trinajstić information content (AvgIpc) is 2.25. The van der Waals surface area contributed by atoms with E-state index in [4.69, 9.17) is 10.2 Å². The Kier molecular flexibility index (Phi) is 4.39. The highest BCUT2D eigenvalue weighted by Gasteiger charge is 2.14. The third-order valence-electron chi connectivity index (χ3n) is 1.71. The second-order valence-electron chi connectivity index (χ2n) is 2.96. The van der Waals surface area contributed by atoms with Crippen molar-refractivity contribution in [3.63, 3.8) is 0 Å². The predicted octanol–water partition coefficient (Wildman–Crippen LogP) is 0.0194. The van der Waals surface area contributed by atoms with Crippen LogP contribution in [0.15, 0.2) is 22.9 Å². The molecule has 0 bridgehead atoms. The molecule has 0 aliphatic rings. The number of hydrogen-bond acceptors (Lipinski definition) is 4. The standard InChI is InChI=1S/C9H9BrN2O4/c10-6-1-5(2-11-3-6)8(14)12-4-7(13)9(15)16/h1-3,7,13H,4H2,(H,12,14)(H,15,16). The highest BCUT2D eigenvalue weighted by atomic mass is 79.9. The number of nitrogens with one attached hydrogen (secondary N) is 1. The van der Waals surface area contributed by atoms with Gasteiger partial charge >= 0.3 is 5.97 Å². The van der Waals surface area contributed by atoms with Gasteiger partial charge in [0.2, 0.25) is 0 Å². The van der Waals surface area contributed by atoms with Crippen molar-refractivity contribution in [2.24, 2.45) is 0 Å². The van der Waals surface area contributed by atoms with Gasteiger partial charge in [-0.1, -0.05) is 0 Å². The molecule has 1 aromatic heterocycles. The lowest BCUT2D eigenvalue weighted by atomic mass is 10.2. The molecule has 0 aliphatic heterocycles. The normalized spacial score (nSPS) is 11.9. The zero-order chi connectivity index (χ0) is 12.1. The molecule has 0 aliphatic carbocycles. The fourth-order valence-electron chi connectivity index (χ4n) is 0.915. The molecule has 1 heterocycles. The topological polar surface area (TPSA) is 99.5 Å². The fourth-order valence-corrected chi connectivity index (χ4v) is 1.28. The van der Waals surface area contributed by atoms with E-state index in [1.807, 2.05) is 0 Å². The average molecular weight is 289 g/mol. The Morgan fingerprint density at radius 2 is 2.19 bits per heavy atom. The Labute approximate surface area is 99.4 Å². The van der Waals surface area contributed by atoms with Crippen LogP contribution in [0.1, 0.15) is 10.4 Å². The van der Waals surface area contributed by atoms with Crippen LogP contribution in [0.25, 0.3) is 0 Å². The van der Waals surface area contributed by atoms with Crippen LogP contribution in [0.5, 0.6) is 0 Å². The lowest BCUT2D eigenvalue weighted by Gasteiger charge is -2.07. The van der Waals surface area contributed by atoms with Crippen molar-refractivity contribution in [2.75, 3.05) is 6.54 Å². The Morgan fingerprint density at radius 1 is 1.50 bits per heavy atom. The smallest absolute Gasteiger partial charge is 0.334 e. The number of halogens is 1. The summed E-state index contributed by atoms with van der Waals surface area (Å²) >= 11 is 3.15. The number of aliphatic hydroxyl groups excluding tert-OH is 1. The number of carboxylic acid groups (broad SMARTS) is 1. The molecule has 3 N–H and O–H groups in total. The Morgan fingerprint density at radius 3 is 2.75 bits per heavy atom. The lowest BCUT2D eigenvalue weighted by Crippen LogP contribution is -2.36. The van der Waals surface area contributed by atoms with Gasteiger partial charge in [0.05, 0.1) is 12.1 Å². The minimum absolute atomic E-state index is 0.284. The number of aromatic nitrogens is 1. The molecule has 1 atom stereocenters. The zero-order valence-corrected chi connectivity index (χ0v) is 9.64. The summed E-state index contributed by atoms with van der Waals surface area (Å²) in [4.78, 5) is 25.5. The third-order valence-corrected chi connectivity index (χ3v) is 2.14. The first-order valence-electron chi connectivity index (χ1n) is 4.30. The van der Waals surface area contributed by atoms with Crippen LogP contribution in [-0.2, 0) is 4.79 Å². The summed E-state index contributed by atoms with van der Waals surface area (Å²) < 4.78 is 0.638. The van der Waals surface area contributed by atoms with Crippen molar-refractivity contribution < 1.29 is 19.8 Å². The van der Waals surface area contributed by atoms with Gasteiger partial charge in [-0.05, 0) is 22.0 Å². The van der Waals surface area contributed by atoms with Crippen LogP contribution in [0.3, 0.4) is 0 Å². The van der Waals surface area contributed by atoms with E-state index in [9.17, 15) is 9.59 Å². The molecule has 16 heavy (non-hydrogen) atoms. The molecule has 86 valence electrons. The summed E-state index contributed by atoms with van der Waals surface area (Å²) in [7, 11) is 0. The van der Waals surface area contributed by atoms with Gasteiger partial charge < -0.3 is 15.5 Å². The summed E-state index contributed by atoms with van der Waals surface area (Å²) in [6.07, 6.45) is 1.25. The van der Waals surface area contributed by atoms with Crippen molar-refractivity contribution in [3.8, 4) is 0 Å². The second kappa shape index (κ2) is 5.57. The number of aliphatic carboxylic acids is 1. The first kappa shape index (κ1) is 12.6. The SMILES string of the molecule is O=C(NCC(O)C(=O)O)c1cncc(Br)c1. The number of nitrogens with zero attached hydrogens (tertiary/aromatic N) is 1. The van der Waals surface area contributed by atoms with Gasteiger partial charge in [-0.2, -0.15) is 0 Å². The van der Waals surface area contributed by atoms with Gasteiger partial charge in [-0.15, -0.1) is 0 Å². The van der Waals surface area contributed by atoms with Gasteiger partial charge in [0.25, 0.3) is 5.91 Å². The molecular weight excluding hydrogens is 280 g/mol. The van der Waals surface area contributed by atoms with Gasteiger partial charge in [0, 0.05) is 16.9 Å². The third kappa shape index (κ3) is 3.59. The van der Waals surface area contributed by atoms with E-state index < -0.39 is 18.0 Å². The minimum atomic E-state index is -1.61. The van der Waals surface area contributed by atoms with Crippen LogP contribution >= 0.6 is 15.9 Å². The maximum atomic E-state index is 11.4. The van der Waals surface area contributed by atoms with Crippen molar-refractivity contribution in [1.29, 1.82) is 0 Å². The Hall–Kier alpha value is -1.47. The number of aliphatic hydroxyl groups is 1. The largest absolute Gasteiger partial charge is 0.479 e. The lowest BCUT2D eigenvalue weighted by molar-refractivity contribution is -0.146. The van der Waals surface area contributed by atoms with Crippen LogP contribution in [0.4, 0.5) is 0 Å². The van der Waals surface area contributed by atoms with Gasteiger partial charge in [0.1, 0.15) is 0 Å².